The number of carbonyl (C=O) groups excluding carboxylic acids is 1. The van der Waals surface area contributed by atoms with Gasteiger partial charge in [-0.15, -0.1) is 5.10 Å². The maximum atomic E-state index is 12.6. The summed E-state index contributed by atoms with van der Waals surface area (Å²) in [5, 5.41) is 5.02. The first-order valence-electron chi connectivity index (χ1n) is 7.23. The van der Waals surface area contributed by atoms with Crippen molar-refractivity contribution in [2.24, 2.45) is 0 Å². The van der Waals surface area contributed by atoms with E-state index < -0.39 is 0 Å². The van der Waals surface area contributed by atoms with Gasteiger partial charge in [0.2, 0.25) is 5.78 Å². The maximum absolute atomic E-state index is 12.6. The number of carbonyl (C=O) groups is 1. The molecule has 0 atom stereocenters. The van der Waals surface area contributed by atoms with E-state index in [9.17, 15) is 4.79 Å². The van der Waals surface area contributed by atoms with Gasteiger partial charge in [-0.3, -0.25) is 4.79 Å². The zero-order chi connectivity index (χ0) is 16.0. The van der Waals surface area contributed by atoms with E-state index in [0.29, 0.717) is 22.2 Å². The molecular formula is C17H13ClN4O. The molecule has 0 aliphatic rings. The van der Waals surface area contributed by atoms with Gasteiger partial charge in [0.25, 0.3) is 0 Å². The molecule has 2 aromatic carbocycles. The van der Waals surface area contributed by atoms with Crippen LogP contribution in [0.3, 0.4) is 0 Å². The predicted molar refractivity (Wildman–Crippen MR) is 89.0 cm³/mol. The van der Waals surface area contributed by atoms with Gasteiger partial charge in [0, 0.05) is 10.6 Å². The normalized spacial score (nSPS) is 11.4. The molecule has 6 heteroatoms. The first-order valence-corrected chi connectivity index (χ1v) is 7.60. The molecule has 0 amide bonds. The summed E-state index contributed by atoms with van der Waals surface area (Å²) >= 11 is 5.88. The van der Waals surface area contributed by atoms with Gasteiger partial charge in [-0.2, -0.15) is 9.50 Å². The largest absolute Gasteiger partial charge is 0.300 e. The number of para-hydroxylation sites is 2. The maximum Gasteiger partial charge on any atom is 0.234 e. The second-order valence-corrected chi connectivity index (χ2v) is 5.81. The van der Waals surface area contributed by atoms with E-state index in [2.05, 4.69) is 10.1 Å². The number of rotatable bonds is 3. The lowest BCUT2D eigenvalue weighted by molar-refractivity contribution is 0.0974. The van der Waals surface area contributed by atoms with Crippen molar-refractivity contribution in [3.8, 4) is 0 Å². The number of hydrogen-bond donors (Lipinski definition) is 0. The highest BCUT2D eigenvalue weighted by Crippen LogP contribution is 2.20. The quantitative estimate of drug-likeness (QED) is 0.542. The van der Waals surface area contributed by atoms with E-state index in [0.717, 1.165) is 11.0 Å². The number of ketones is 1. The van der Waals surface area contributed by atoms with E-state index in [1.807, 2.05) is 35.8 Å². The summed E-state index contributed by atoms with van der Waals surface area (Å²) in [5.74, 6) is 1.36. The SMILES string of the molecule is Cc1nc2n(CC(=O)c3ccc(Cl)cc3)c3ccccc3n2n1. The van der Waals surface area contributed by atoms with E-state index in [1.165, 1.54) is 0 Å². The molecule has 0 aliphatic carbocycles. The molecule has 0 spiro atoms. The van der Waals surface area contributed by atoms with Crippen molar-refractivity contribution in [2.75, 3.05) is 0 Å². The number of fused-ring (bicyclic) bond motifs is 3. The van der Waals surface area contributed by atoms with Gasteiger partial charge >= 0.3 is 0 Å². The van der Waals surface area contributed by atoms with Crippen LogP contribution in [0.25, 0.3) is 16.8 Å². The summed E-state index contributed by atoms with van der Waals surface area (Å²) in [4.78, 5) is 17.0. The monoisotopic (exact) mass is 324 g/mol. The molecular weight excluding hydrogens is 312 g/mol. The van der Waals surface area contributed by atoms with Crippen molar-refractivity contribution in [1.82, 2.24) is 19.2 Å². The molecule has 2 heterocycles. The van der Waals surface area contributed by atoms with Crippen molar-refractivity contribution < 1.29 is 4.79 Å². The standard InChI is InChI=1S/C17H13ClN4O/c1-11-19-17-21(10-16(23)12-6-8-13(18)9-7-12)14-4-2-3-5-15(14)22(17)20-11/h2-9H,10H2,1H3. The second-order valence-electron chi connectivity index (χ2n) is 5.38. The smallest absolute Gasteiger partial charge is 0.234 e. The molecule has 0 unspecified atom stereocenters. The summed E-state index contributed by atoms with van der Waals surface area (Å²) < 4.78 is 3.67. The molecule has 0 aliphatic heterocycles. The Morgan fingerprint density at radius 1 is 1.09 bits per heavy atom. The Labute approximate surface area is 137 Å². The topological polar surface area (TPSA) is 52.2 Å². The first kappa shape index (κ1) is 14.0. The fourth-order valence-electron chi connectivity index (χ4n) is 2.75. The molecule has 0 radical (unpaired) electrons. The average molecular weight is 325 g/mol. The van der Waals surface area contributed by atoms with Gasteiger partial charge in [0.15, 0.2) is 5.78 Å². The molecule has 114 valence electrons. The van der Waals surface area contributed by atoms with Crippen LogP contribution in [0.2, 0.25) is 5.02 Å². The molecule has 0 fully saturated rings. The summed E-state index contributed by atoms with van der Waals surface area (Å²) in [6.45, 7) is 2.05. The highest BCUT2D eigenvalue weighted by molar-refractivity contribution is 6.30. The summed E-state index contributed by atoms with van der Waals surface area (Å²) in [5.41, 5.74) is 2.50. The second kappa shape index (κ2) is 5.21. The Kier molecular flexibility index (Phi) is 3.16. The van der Waals surface area contributed by atoms with Crippen molar-refractivity contribution in [2.45, 2.75) is 13.5 Å². The molecule has 2 aromatic heterocycles. The third kappa shape index (κ3) is 2.29. The number of nitrogens with zero attached hydrogens (tertiary/aromatic N) is 4. The minimum atomic E-state index is 0.00516. The number of halogens is 1. The Balaban J connectivity index is 1.83. The van der Waals surface area contributed by atoms with Crippen LogP contribution in [-0.2, 0) is 6.54 Å². The fourth-order valence-corrected chi connectivity index (χ4v) is 2.87. The lowest BCUT2D eigenvalue weighted by Crippen LogP contribution is -2.10. The molecule has 0 bridgehead atoms. The van der Waals surface area contributed by atoms with Crippen LogP contribution in [-0.4, -0.2) is 24.9 Å². The van der Waals surface area contributed by atoms with Crippen LogP contribution < -0.4 is 0 Å². The van der Waals surface area contributed by atoms with Crippen LogP contribution in [0.4, 0.5) is 0 Å². The molecule has 0 N–H and O–H groups in total. The average Bonchev–Trinajstić information content (AvgIpc) is 3.05. The number of benzene rings is 2. The van der Waals surface area contributed by atoms with E-state index in [4.69, 9.17) is 11.6 Å². The zero-order valence-corrected chi connectivity index (χ0v) is 13.2. The first-order chi connectivity index (χ1) is 11.1. The minimum absolute atomic E-state index is 0.00516. The zero-order valence-electron chi connectivity index (χ0n) is 12.4. The fraction of sp³-hybridized carbons (Fsp3) is 0.118. The number of imidazole rings is 1. The van der Waals surface area contributed by atoms with E-state index >= 15 is 0 Å². The van der Waals surface area contributed by atoms with Crippen molar-refractivity contribution in [1.29, 1.82) is 0 Å². The summed E-state index contributed by atoms with van der Waals surface area (Å²) in [6, 6.07) is 14.8. The lowest BCUT2D eigenvalue weighted by Gasteiger charge is -2.04. The molecule has 4 rings (SSSR count). The Morgan fingerprint density at radius 2 is 1.78 bits per heavy atom. The minimum Gasteiger partial charge on any atom is -0.300 e. The number of Topliss-reactive ketones (excluding diaryl/α,β-unsaturated/α-hetero) is 1. The summed E-state index contributed by atoms with van der Waals surface area (Å²) in [7, 11) is 0. The van der Waals surface area contributed by atoms with Gasteiger partial charge in [0.1, 0.15) is 5.82 Å². The van der Waals surface area contributed by atoms with Crippen LogP contribution in [0.15, 0.2) is 48.5 Å². The van der Waals surface area contributed by atoms with E-state index in [1.54, 1.807) is 28.8 Å². The van der Waals surface area contributed by atoms with Crippen LogP contribution in [0.5, 0.6) is 0 Å². The third-order valence-electron chi connectivity index (χ3n) is 3.81. The number of hydrogen-bond acceptors (Lipinski definition) is 3. The van der Waals surface area contributed by atoms with Gasteiger partial charge in [0.05, 0.1) is 17.6 Å². The predicted octanol–water partition coefficient (Wildman–Crippen LogP) is 3.53. The Hall–Kier alpha value is -2.66. The van der Waals surface area contributed by atoms with Crippen LogP contribution in [0.1, 0.15) is 16.2 Å². The number of aromatic nitrogens is 4. The van der Waals surface area contributed by atoms with Gasteiger partial charge < -0.3 is 4.57 Å². The molecule has 23 heavy (non-hydrogen) atoms. The van der Waals surface area contributed by atoms with Crippen LogP contribution >= 0.6 is 11.6 Å². The Morgan fingerprint density at radius 3 is 2.52 bits per heavy atom. The molecule has 5 nitrogen and oxygen atoms in total. The van der Waals surface area contributed by atoms with Crippen molar-refractivity contribution >= 4 is 34.2 Å². The van der Waals surface area contributed by atoms with Crippen LogP contribution in [0, 0.1) is 6.92 Å². The Bertz CT molecular complexity index is 1030. The number of aryl methyl sites for hydroxylation is 1. The van der Waals surface area contributed by atoms with Crippen molar-refractivity contribution in [3.63, 3.8) is 0 Å². The highest BCUT2D eigenvalue weighted by atomic mass is 35.5. The van der Waals surface area contributed by atoms with Gasteiger partial charge in [-0.05, 0) is 43.3 Å². The van der Waals surface area contributed by atoms with Crippen molar-refractivity contribution in [3.05, 3.63) is 64.9 Å². The van der Waals surface area contributed by atoms with Gasteiger partial charge in [-0.25, -0.2) is 0 Å². The summed E-state index contributed by atoms with van der Waals surface area (Å²) in [6.07, 6.45) is 0. The molecule has 0 saturated carbocycles. The molecule has 0 saturated heterocycles. The third-order valence-corrected chi connectivity index (χ3v) is 4.06. The van der Waals surface area contributed by atoms with Gasteiger partial charge in [-0.1, -0.05) is 23.7 Å². The lowest BCUT2D eigenvalue weighted by atomic mass is 10.1. The van der Waals surface area contributed by atoms with E-state index in [-0.39, 0.29) is 12.3 Å². The molecule has 4 aromatic rings. The highest BCUT2D eigenvalue weighted by Gasteiger charge is 2.16.